The molecule has 3 aromatic rings. The molecule has 2 heterocycles. The van der Waals surface area contributed by atoms with Crippen LogP contribution in [0.25, 0.3) is 11.3 Å². The molecule has 1 aromatic heterocycles. The van der Waals surface area contributed by atoms with Gasteiger partial charge in [0.15, 0.2) is 11.6 Å². The second-order valence-electron chi connectivity index (χ2n) is 7.60. The van der Waals surface area contributed by atoms with E-state index in [2.05, 4.69) is 20.3 Å². The lowest BCUT2D eigenvalue weighted by Crippen LogP contribution is -2.41. The van der Waals surface area contributed by atoms with Crippen molar-refractivity contribution in [3.8, 4) is 17.0 Å². The van der Waals surface area contributed by atoms with Gasteiger partial charge in [-0.15, -0.1) is 23.4 Å². The van der Waals surface area contributed by atoms with Gasteiger partial charge in [-0.25, -0.2) is 0 Å². The lowest BCUT2D eigenvalue weighted by Gasteiger charge is -2.32. The summed E-state index contributed by atoms with van der Waals surface area (Å²) in [7, 11) is 0. The predicted octanol–water partition coefficient (Wildman–Crippen LogP) is 5.55. The van der Waals surface area contributed by atoms with E-state index >= 15 is 0 Å². The maximum Gasteiger partial charge on any atom is 0.573 e. The molecule has 0 spiro atoms. The van der Waals surface area contributed by atoms with Crippen molar-refractivity contribution in [2.24, 2.45) is 5.92 Å². The van der Waals surface area contributed by atoms with E-state index in [0.717, 1.165) is 18.1 Å². The number of carbonyl (C=O) groups is 1. The molecule has 1 saturated heterocycles. The number of piperidine rings is 1. The van der Waals surface area contributed by atoms with Crippen molar-refractivity contribution in [2.45, 2.75) is 19.2 Å². The predicted molar refractivity (Wildman–Crippen MR) is 119 cm³/mol. The largest absolute Gasteiger partial charge is 0.573 e. The van der Waals surface area contributed by atoms with Gasteiger partial charge in [0.05, 0.1) is 17.3 Å². The van der Waals surface area contributed by atoms with Crippen LogP contribution < -0.4 is 15.0 Å². The van der Waals surface area contributed by atoms with Crippen LogP contribution in [0.2, 0.25) is 5.02 Å². The highest BCUT2D eigenvalue weighted by molar-refractivity contribution is 6.30. The molecule has 6 nitrogen and oxygen atoms in total. The third kappa shape index (κ3) is 5.92. The van der Waals surface area contributed by atoms with Crippen molar-refractivity contribution in [3.05, 3.63) is 65.7 Å². The Hall–Kier alpha value is -3.33. The minimum Gasteiger partial charge on any atom is -0.404 e. The Labute approximate surface area is 193 Å². The average molecular weight is 477 g/mol. The number of para-hydroxylation sites is 2. The number of halogens is 4. The zero-order valence-electron chi connectivity index (χ0n) is 17.3. The molecule has 1 unspecified atom stereocenters. The molecule has 4 rings (SSSR count). The molecule has 1 aliphatic rings. The first kappa shape index (κ1) is 22.8. The average Bonchev–Trinajstić information content (AvgIpc) is 2.80. The minimum atomic E-state index is -4.85. The van der Waals surface area contributed by atoms with Crippen LogP contribution in [-0.4, -0.2) is 35.6 Å². The van der Waals surface area contributed by atoms with E-state index in [1.165, 1.54) is 18.2 Å². The number of benzene rings is 2. The fraction of sp³-hybridized carbons (Fsp3) is 0.261. The molecule has 1 N–H and O–H groups in total. The van der Waals surface area contributed by atoms with E-state index in [-0.39, 0.29) is 11.6 Å². The Morgan fingerprint density at radius 3 is 2.52 bits per heavy atom. The summed E-state index contributed by atoms with van der Waals surface area (Å²) in [6.45, 7) is 1.08. The lowest BCUT2D eigenvalue weighted by atomic mass is 9.97. The monoisotopic (exact) mass is 476 g/mol. The van der Waals surface area contributed by atoms with Crippen LogP contribution in [0.3, 0.4) is 0 Å². The Bertz CT molecular complexity index is 1110. The SMILES string of the molecule is O=C(Nc1ccccc1OC(F)(F)F)C1CCCN(c2ccc(-c3ccc(Cl)cc3)nn2)C1. The molecule has 0 radical (unpaired) electrons. The summed E-state index contributed by atoms with van der Waals surface area (Å²) in [4.78, 5) is 14.8. The molecular weight excluding hydrogens is 457 g/mol. The van der Waals surface area contributed by atoms with E-state index in [0.29, 0.717) is 36.0 Å². The summed E-state index contributed by atoms with van der Waals surface area (Å²) >= 11 is 5.92. The molecule has 1 aliphatic heterocycles. The summed E-state index contributed by atoms with van der Waals surface area (Å²) in [5, 5.41) is 11.8. The highest BCUT2D eigenvalue weighted by Crippen LogP contribution is 2.31. The van der Waals surface area contributed by atoms with Crippen molar-refractivity contribution >= 4 is 29.0 Å². The number of anilines is 2. The van der Waals surface area contributed by atoms with E-state index < -0.39 is 18.0 Å². The summed E-state index contributed by atoms with van der Waals surface area (Å²) in [6.07, 6.45) is -3.50. The van der Waals surface area contributed by atoms with E-state index in [4.69, 9.17) is 11.6 Å². The molecular formula is C23H20ClF3N4O2. The Morgan fingerprint density at radius 2 is 1.82 bits per heavy atom. The number of amides is 1. The quantitative estimate of drug-likeness (QED) is 0.523. The van der Waals surface area contributed by atoms with Crippen LogP contribution in [0.4, 0.5) is 24.7 Å². The van der Waals surface area contributed by atoms with Gasteiger partial charge in [0, 0.05) is 23.7 Å². The fourth-order valence-electron chi connectivity index (χ4n) is 3.69. The van der Waals surface area contributed by atoms with Gasteiger partial charge in [-0.05, 0) is 49.2 Å². The van der Waals surface area contributed by atoms with Gasteiger partial charge < -0.3 is 15.0 Å². The van der Waals surface area contributed by atoms with Gasteiger partial charge in [0.2, 0.25) is 5.91 Å². The molecule has 2 aromatic carbocycles. The maximum atomic E-state index is 12.8. The molecule has 0 saturated carbocycles. The Kier molecular flexibility index (Phi) is 6.69. The fourth-order valence-corrected chi connectivity index (χ4v) is 3.81. The van der Waals surface area contributed by atoms with Crippen molar-refractivity contribution in [1.82, 2.24) is 10.2 Å². The first-order valence-electron chi connectivity index (χ1n) is 10.3. The van der Waals surface area contributed by atoms with E-state index in [1.54, 1.807) is 12.1 Å². The van der Waals surface area contributed by atoms with Crippen LogP contribution in [-0.2, 0) is 4.79 Å². The highest BCUT2D eigenvalue weighted by atomic mass is 35.5. The number of carbonyl (C=O) groups excluding carboxylic acids is 1. The zero-order valence-corrected chi connectivity index (χ0v) is 18.1. The summed E-state index contributed by atoms with van der Waals surface area (Å²) in [6, 6.07) is 16.4. The Morgan fingerprint density at radius 1 is 1.06 bits per heavy atom. The first-order valence-corrected chi connectivity index (χ1v) is 10.7. The molecule has 33 heavy (non-hydrogen) atoms. The van der Waals surface area contributed by atoms with E-state index in [1.807, 2.05) is 29.2 Å². The van der Waals surface area contributed by atoms with Crippen molar-refractivity contribution in [1.29, 1.82) is 0 Å². The number of nitrogens with one attached hydrogen (secondary N) is 1. The minimum absolute atomic E-state index is 0.0240. The third-order valence-corrected chi connectivity index (χ3v) is 5.53. The standard InChI is InChI=1S/C23H20ClF3N4O2/c24-17-9-7-15(8-10-17)18-11-12-21(30-29-18)31-13-3-4-16(14-31)22(32)28-19-5-1-2-6-20(19)33-23(25,26)27/h1-2,5-12,16H,3-4,13-14H2,(H,28,32). The molecule has 10 heteroatoms. The van der Waals surface area contributed by atoms with Gasteiger partial charge in [0.1, 0.15) is 0 Å². The number of hydrogen-bond donors (Lipinski definition) is 1. The number of alkyl halides is 3. The second-order valence-corrected chi connectivity index (χ2v) is 8.04. The summed E-state index contributed by atoms with van der Waals surface area (Å²) in [5.74, 6) is -0.611. The Balaban J connectivity index is 1.42. The summed E-state index contributed by atoms with van der Waals surface area (Å²) in [5.41, 5.74) is 1.56. The van der Waals surface area contributed by atoms with Crippen LogP contribution in [0.15, 0.2) is 60.7 Å². The van der Waals surface area contributed by atoms with Crippen molar-refractivity contribution in [3.63, 3.8) is 0 Å². The zero-order chi connectivity index (χ0) is 23.4. The third-order valence-electron chi connectivity index (χ3n) is 5.28. The number of nitrogens with zero attached hydrogens (tertiary/aromatic N) is 3. The highest BCUT2D eigenvalue weighted by Gasteiger charge is 2.33. The second kappa shape index (κ2) is 9.66. The van der Waals surface area contributed by atoms with Gasteiger partial charge in [0.25, 0.3) is 0 Å². The number of hydrogen-bond acceptors (Lipinski definition) is 5. The number of ether oxygens (including phenoxy) is 1. The molecule has 1 amide bonds. The lowest BCUT2D eigenvalue weighted by molar-refractivity contribution is -0.274. The smallest absolute Gasteiger partial charge is 0.404 e. The van der Waals surface area contributed by atoms with E-state index in [9.17, 15) is 18.0 Å². The normalized spacial score (nSPS) is 16.4. The van der Waals surface area contributed by atoms with Gasteiger partial charge >= 0.3 is 6.36 Å². The summed E-state index contributed by atoms with van der Waals surface area (Å²) < 4.78 is 42.0. The number of rotatable bonds is 5. The molecule has 172 valence electrons. The number of aromatic nitrogens is 2. The van der Waals surface area contributed by atoms with Crippen LogP contribution >= 0.6 is 11.6 Å². The van der Waals surface area contributed by atoms with Crippen LogP contribution in [0.1, 0.15) is 12.8 Å². The van der Waals surface area contributed by atoms with Crippen molar-refractivity contribution in [2.75, 3.05) is 23.3 Å². The van der Waals surface area contributed by atoms with Crippen molar-refractivity contribution < 1.29 is 22.7 Å². The first-order chi connectivity index (χ1) is 15.8. The van der Waals surface area contributed by atoms with Gasteiger partial charge in [-0.2, -0.15) is 0 Å². The van der Waals surface area contributed by atoms with Crippen LogP contribution in [0.5, 0.6) is 5.75 Å². The maximum absolute atomic E-state index is 12.8. The molecule has 0 bridgehead atoms. The van der Waals surface area contributed by atoms with Gasteiger partial charge in [-0.3, -0.25) is 4.79 Å². The topological polar surface area (TPSA) is 67.3 Å². The molecule has 1 atom stereocenters. The van der Waals surface area contributed by atoms with Crippen LogP contribution in [0, 0.1) is 5.92 Å². The molecule has 1 fully saturated rings. The molecule has 0 aliphatic carbocycles. The van der Waals surface area contributed by atoms with Gasteiger partial charge in [-0.1, -0.05) is 35.9 Å².